The molecule has 1 aliphatic heterocycles. The molecule has 32 heavy (non-hydrogen) atoms. The van der Waals surface area contributed by atoms with Crippen molar-refractivity contribution in [3.8, 4) is 0 Å². The van der Waals surface area contributed by atoms with Crippen LogP contribution in [0.25, 0.3) is 10.9 Å². The van der Waals surface area contributed by atoms with E-state index in [1.54, 1.807) is 24.4 Å². The highest BCUT2D eigenvalue weighted by Crippen LogP contribution is 2.31. The zero-order chi connectivity index (χ0) is 23.1. The summed E-state index contributed by atoms with van der Waals surface area (Å²) in [5.41, 5.74) is 3.14. The number of aryl methyl sites for hydroxylation is 1. The van der Waals surface area contributed by atoms with Gasteiger partial charge in [-0.25, -0.2) is 8.42 Å². The number of carbonyl (C=O) groups is 1. The van der Waals surface area contributed by atoms with Crippen LogP contribution in [-0.4, -0.2) is 36.2 Å². The average molecular weight is 452 g/mol. The number of sulfonamides is 1. The summed E-state index contributed by atoms with van der Waals surface area (Å²) in [5, 5.41) is 3.75. The third-order valence-corrected chi connectivity index (χ3v) is 7.99. The lowest BCUT2D eigenvalue weighted by atomic mass is 9.86. The van der Waals surface area contributed by atoms with Crippen molar-refractivity contribution in [1.29, 1.82) is 0 Å². The standard InChI is InChI=1S/C25H29N3O3S/c1-17-12-13-19(25(2,3)4)16-20(17)27-24(29)21-10-7-15-28(21)32(30,31)22-11-5-8-18-9-6-14-26-23(18)22/h5-6,8-9,11-14,16,21H,7,10,15H2,1-4H3,(H,27,29)/t21-/m0/s1. The van der Waals surface area contributed by atoms with Gasteiger partial charge in [0.1, 0.15) is 10.9 Å². The molecule has 1 fully saturated rings. The Morgan fingerprint density at radius 2 is 1.88 bits per heavy atom. The topological polar surface area (TPSA) is 79.4 Å². The minimum Gasteiger partial charge on any atom is -0.324 e. The van der Waals surface area contributed by atoms with Crippen molar-refractivity contribution in [2.45, 2.75) is 56.9 Å². The first kappa shape index (κ1) is 22.4. The van der Waals surface area contributed by atoms with Crippen LogP contribution in [0.2, 0.25) is 0 Å². The molecule has 1 saturated heterocycles. The second-order valence-electron chi connectivity index (χ2n) is 9.37. The van der Waals surface area contributed by atoms with E-state index in [-0.39, 0.29) is 16.2 Å². The molecule has 168 valence electrons. The maximum absolute atomic E-state index is 13.6. The SMILES string of the molecule is Cc1ccc(C(C)(C)C)cc1NC(=O)[C@@H]1CCCN1S(=O)(=O)c1cccc2cccnc12. The maximum atomic E-state index is 13.6. The molecule has 4 rings (SSSR count). The molecule has 6 nitrogen and oxygen atoms in total. The number of hydrogen-bond acceptors (Lipinski definition) is 4. The van der Waals surface area contributed by atoms with Crippen molar-refractivity contribution < 1.29 is 13.2 Å². The van der Waals surface area contributed by atoms with Gasteiger partial charge in [0.15, 0.2) is 0 Å². The molecule has 1 N–H and O–H groups in total. The third kappa shape index (κ3) is 4.14. The van der Waals surface area contributed by atoms with Gasteiger partial charge < -0.3 is 5.32 Å². The largest absolute Gasteiger partial charge is 0.324 e. The molecule has 0 spiro atoms. The highest BCUT2D eigenvalue weighted by molar-refractivity contribution is 7.89. The van der Waals surface area contributed by atoms with Crippen molar-refractivity contribution >= 4 is 32.5 Å². The van der Waals surface area contributed by atoms with Crippen LogP contribution in [0.1, 0.15) is 44.7 Å². The molecular weight excluding hydrogens is 422 g/mol. The molecule has 0 radical (unpaired) electrons. The summed E-state index contributed by atoms with van der Waals surface area (Å²) >= 11 is 0. The molecule has 2 heterocycles. The molecule has 3 aromatic rings. The fourth-order valence-corrected chi connectivity index (χ4v) is 5.96. The number of anilines is 1. The van der Waals surface area contributed by atoms with Crippen LogP contribution < -0.4 is 5.32 Å². The first-order chi connectivity index (χ1) is 15.1. The smallest absolute Gasteiger partial charge is 0.245 e. The summed E-state index contributed by atoms with van der Waals surface area (Å²) < 4.78 is 28.5. The number of hydrogen-bond donors (Lipinski definition) is 1. The van der Waals surface area contributed by atoms with E-state index >= 15 is 0 Å². The summed E-state index contributed by atoms with van der Waals surface area (Å²) in [6.45, 7) is 8.60. The Morgan fingerprint density at radius 1 is 1.12 bits per heavy atom. The predicted molar refractivity (Wildman–Crippen MR) is 127 cm³/mol. The maximum Gasteiger partial charge on any atom is 0.245 e. The fourth-order valence-electron chi connectivity index (χ4n) is 4.14. The number of rotatable bonds is 4. The molecule has 0 aliphatic carbocycles. The Labute approximate surface area is 189 Å². The van der Waals surface area contributed by atoms with Crippen molar-refractivity contribution in [2.24, 2.45) is 0 Å². The lowest BCUT2D eigenvalue weighted by Gasteiger charge is -2.25. The quantitative estimate of drug-likeness (QED) is 0.627. The number of aromatic nitrogens is 1. The zero-order valence-electron chi connectivity index (χ0n) is 18.9. The molecule has 7 heteroatoms. The lowest BCUT2D eigenvalue weighted by molar-refractivity contribution is -0.119. The van der Waals surface area contributed by atoms with Gasteiger partial charge in [0.25, 0.3) is 0 Å². The molecule has 2 aromatic carbocycles. The first-order valence-electron chi connectivity index (χ1n) is 10.9. The van der Waals surface area contributed by atoms with E-state index in [9.17, 15) is 13.2 Å². The molecular formula is C25H29N3O3S. The van der Waals surface area contributed by atoms with Crippen molar-refractivity contribution in [3.05, 3.63) is 65.9 Å². The van der Waals surface area contributed by atoms with E-state index in [1.165, 1.54) is 4.31 Å². The Bertz CT molecular complexity index is 1270. The summed E-state index contributed by atoms with van der Waals surface area (Å²) in [6.07, 6.45) is 2.71. The van der Waals surface area contributed by atoms with Gasteiger partial charge in [0, 0.05) is 23.8 Å². The highest BCUT2D eigenvalue weighted by atomic mass is 32.2. The highest BCUT2D eigenvalue weighted by Gasteiger charge is 2.40. The van der Waals surface area contributed by atoms with Crippen LogP contribution in [0, 0.1) is 6.92 Å². The van der Waals surface area contributed by atoms with Gasteiger partial charge in [-0.15, -0.1) is 0 Å². The molecule has 0 saturated carbocycles. The van der Waals surface area contributed by atoms with Crippen LogP contribution in [0.3, 0.4) is 0 Å². The molecule has 1 atom stereocenters. The predicted octanol–water partition coefficient (Wildman–Crippen LogP) is 4.63. The number of nitrogens with zero attached hydrogens (tertiary/aromatic N) is 2. The monoisotopic (exact) mass is 451 g/mol. The van der Waals surface area contributed by atoms with Gasteiger partial charge in [0.2, 0.25) is 15.9 Å². The van der Waals surface area contributed by atoms with Gasteiger partial charge in [-0.2, -0.15) is 4.31 Å². The number of para-hydroxylation sites is 1. The van der Waals surface area contributed by atoms with Crippen molar-refractivity contribution in [1.82, 2.24) is 9.29 Å². The Balaban J connectivity index is 1.65. The van der Waals surface area contributed by atoms with Gasteiger partial charge >= 0.3 is 0 Å². The number of fused-ring (bicyclic) bond motifs is 1. The second kappa shape index (κ2) is 8.30. The Kier molecular flexibility index (Phi) is 5.81. The minimum absolute atomic E-state index is 0.0583. The van der Waals surface area contributed by atoms with Crippen LogP contribution in [0.4, 0.5) is 5.69 Å². The van der Waals surface area contributed by atoms with E-state index in [2.05, 4.69) is 37.1 Å². The van der Waals surface area contributed by atoms with E-state index in [1.807, 2.05) is 31.2 Å². The normalized spacial score (nSPS) is 17.6. The molecule has 1 aromatic heterocycles. The average Bonchev–Trinajstić information content (AvgIpc) is 3.25. The van der Waals surface area contributed by atoms with Crippen molar-refractivity contribution in [2.75, 3.05) is 11.9 Å². The fraction of sp³-hybridized carbons (Fsp3) is 0.360. The molecule has 0 unspecified atom stereocenters. The van der Waals surface area contributed by atoms with Crippen LogP contribution in [0.5, 0.6) is 0 Å². The molecule has 0 bridgehead atoms. The lowest BCUT2D eigenvalue weighted by Crippen LogP contribution is -2.43. The summed E-state index contributed by atoms with van der Waals surface area (Å²) in [4.78, 5) is 17.7. The molecule has 1 amide bonds. The van der Waals surface area contributed by atoms with Crippen molar-refractivity contribution in [3.63, 3.8) is 0 Å². The minimum atomic E-state index is -3.88. The molecule has 1 aliphatic rings. The van der Waals surface area contributed by atoms with E-state index in [0.717, 1.165) is 22.2 Å². The summed E-state index contributed by atoms with van der Waals surface area (Å²) in [7, 11) is -3.88. The Hall–Kier alpha value is -2.77. The van der Waals surface area contributed by atoms with Crippen LogP contribution >= 0.6 is 0 Å². The van der Waals surface area contributed by atoms with E-state index < -0.39 is 16.1 Å². The third-order valence-electron chi connectivity index (χ3n) is 6.05. The number of benzene rings is 2. The number of amides is 1. The van der Waals surface area contributed by atoms with Crippen LogP contribution in [-0.2, 0) is 20.2 Å². The first-order valence-corrected chi connectivity index (χ1v) is 12.3. The van der Waals surface area contributed by atoms with Gasteiger partial charge in [-0.05, 0) is 54.5 Å². The van der Waals surface area contributed by atoms with Gasteiger partial charge in [0.05, 0.1) is 5.52 Å². The summed E-state index contributed by atoms with van der Waals surface area (Å²) in [5.74, 6) is -0.298. The Morgan fingerprint density at radius 3 is 2.62 bits per heavy atom. The second-order valence-corrected chi connectivity index (χ2v) is 11.2. The number of nitrogens with one attached hydrogen (secondary N) is 1. The van der Waals surface area contributed by atoms with E-state index in [0.29, 0.717) is 24.9 Å². The zero-order valence-corrected chi connectivity index (χ0v) is 19.7. The van der Waals surface area contributed by atoms with E-state index in [4.69, 9.17) is 0 Å². The van der Waals surface area contributed by atoms with Crippen LogP contribution in [0.15, 0.2) is 59.6 Å². The number of pyridine rings is 1. The van der Waals surface area contributed by atoms with Gasteiger partial charge in [-0.3, -0.25) is 9.78 Å². The number of carbonyl (C=O) groups excluding carboxylic acids is 1. The van der Waals surface area contributed by atoms with Gasteiger partial charge in [-0.1, -0.05) is 51.1 Å². The summed E-state index contributed by atoms with van der Waals surface area (Å²) in [6, 6.07) is 14.0.